The van der Waals surface area contributed by atoms with Gasteiger partial charge in [-0.3, -0.25) is 0 Å². The van der Waals surface area contributed by atoms with Crippen LogP contribution < -0.4 is 15.1 Å². The van der Waals surface area contributed by atoms with Gasteiger partial charge in [0.25, 0.3) is 0 Å². The predicted octanol–water partition coefficient (Wildman–Crippen LogP) is 4.75. The molecule has 28 heavy (non-hydrogen) atoms. The van der Waals surface area contributed by atoms with E-state index in [4.69, 9.17) is 14.0 Å². The maximum atomic E-state index is 13.0. The Morgan fingerprint density at radius 3 is 2.64 bits per heavy atom. The Morgan fingerprint density at radius 1 is 1.18 bits per heavy atom. The van der Waals surface area contributed by atoms with Crippen LogP contribution in [0.3, 0.4) is 0 Å². The van der Waals surface area contributed by atoms with Crippen LogP contribution in [0.2, 0.25) is 0 Å². The number of hydrogen-bond acceptors (Lipinski definition) is 6. The van der Waals surface area contributed by atoms with Gasteiger partial charge in [0, 0.05) is 12.5 Å². The first kappa shape index (κ1) is 18.4. The monoisotopic (exact) mass is 388 g/mol. The lowest BCUT2D eigenvalue weighted by atomic mass is 9.99. The third kappa shape index (κ3) is 3.97. The van der Waals surface area contributed by atoms with Crippen molar-refractivity contribution in [3.05, 3.63) is 65.9 Å². The third-order valence-electron chi connectivity index (χ3n) is 4.20. The fourth-order valence-corrected chi connectivity index (χ4v) is 3.00. The summed E-state index contributed by atoms with van der Waals surface area (Å²) in [5, 5.41) is 0. The molecule has 8 heteroatoms. The highest BCUT2D eigenvalue weighted by Gasteiger charge is 2.28. The molecular weight excluding hydrogens is 370 g/mol. The maximum absolute atomic E-state index is 13.0. The molecule has 0 saturated carbocycles. The molecule has 3 aromatic rings. The summed E-state index contributed by atoms with van der Waals surface area (Å²) < 4.78 is 41.5. The van der Waals surface area contributed by atoms with Gasteiger partial charge in [-0.1, -0.05) is 12.1 Å². The van der Waals surface area contributed by atoms with E-state index >= 15 is 0 Å². The van der Waals surface area contributed by atoms with Crippen molar-refractivity contribution in [3.63, 3.8) is 0 Å². The number of ether oxygens (including phenoxy) is 2. The lowest BCUT2D eigenvalue weighted by Gasteiger charge is -2.14. The average molecular weight is 388 g/mol. The third-order valence-corrected chi connectivity index (χ3v) is 4.20. The van der Waals surface area contributed by atoms with Gasteiger partial charge in [0.2, 0.25) is 5.89 Å². The Kier molecular flexibility index (Phi) is 4.74. The van der Waals surface area contributed by atoms with E-state index in [2.05, 4.69) is 15.2 Å². The Hall–Kier alpha value is -2.97. The van der Waals surface area contributed by atoms with Crippen molar-refractivity contribution in [2.75, 3.05) is 0 Å². The van der Waals surface area contributed by atoms with Crippen LogP contribution in [0, 0.1) is 6.92 Å². The number of hydroxylamine groups is 1. The minimum atomic E-state index is -3.22. The topological polar surface area (TPSA) is 65.8 Å². The summed E-state index contributed by atoms with van der Waals surface area (Å²) in [5.41, 5.74) is 6.36. The van der Waals surface area contributed by atoms with E-state index in [-0.39, 0.29) is 12.4 Å². The quantitative estimate of drug-likeness (QED) is 0.657. The van der Waals surface area contributed by atoms with E-state index in [0.29, 0.717) is 18.6 Å². The number of halogens is 2. The van der Waals surface area contributed by atoms with Crippen LogP contribution in [-0.4, -0.2) is 11.1 Å². The molecule has 1 aliphatic heterocycles. The minimum Gasteiger partial charge on any atom is -0.446 e. The van der Waals surface area contributed by atoms with Crippen LogP contribution in [0.5, 0.6) is 11.5 Å². The molecule has 0 amide bonds. The highest BCUT2D eigenvalue weighted by Crippen LogP contribution is 2.39. The number of nitrogens with one attached hydrogen (secondary N) is 1. The number of aryl methyl sites for hydroxylation is 1. The summed E-state index contributed by atoms with van der Waals surface area (Å²) in [4.78, 5) is 9.57. The van der Waals surface area contributed by atoms with Crippen molar-refractivity contribution in [1.82, 2.24) is 10.5 Å². The van der Waals surface area contributed by atoms with Crippen LogP contribution in [-0.2, 0) is 11.3 Å². The summed E-state index contributed by atoms with van der Waals surface area (Å²) in [7, 11) is 0. The fourth-order valence-electron chi connectivity index (χ4n) is 3.00. The number of rotatable bonds is 6. The molecule has 6 nitrogen and oxygen atoms in total. The molecule has 1 aliphatic rings. The van der Waals surface area contributed by atoms with E-state index in [1.807, 2.05) is 19.1 Å². The number of oxazole rings is 1. The zero-order valence-electron chi connectivity index (χ0n) is 15.2. The largest absolute Gasteiger partial charge is 0.446 e. The molecule has 1 unspecified atom stereocenters. The molecule has 1 aromatic heterocycles. The summed E-state index contributed by atoms with van der Waals surface area (Å²) >= 11 is 0. The van der Waals surface area contributed by atoms with Crippen molar-refractivity contribution in [2.24, 2.45) is 0 Å². The normalized spacial score (nSPS) is 15.9. The van der Waals surface area contributed by atoms with Gasteiger partial charge in [-0.15, -0.1) is 5.48 Å². The highest BCUT2D eigenvalue weighted by atomic mass is 19.3. The zero-order chi connectivity index (χ0) is 19.7. The Labute approximate surface area is 160 Å². The van der Waals surface area contributed by atoms with Crippen LogP contribution in [0.15, 0.2) is 53.3 Å². The molecule has 4 rings (SSSR count). The summed E-state index contributed by atoms with van der Waals surface area (Å²) in [5.74, 6) is 1.27. The second-order valence-corrected chi connectivity index (χ2v) is 6.48. The van der Waals surface area contributed by atoms with Crippen LogP contribution in [0.25, 0.3) is 11.1 Å². The summed E-state index contributed by atoms with van der Waals surface area (Å²) in [6.45, 7) is 2.82. The number of aromatic nitrogens is 1. The van der Waals surface area contributed by atoms with E-state index < -0.39 is 12.3 Å². The Morgan fingerprint density at radius 2 is 1.96 bits per heavy atom. The molecule has 0 fully saturated rings. The molecule has 1 N–H and O–H groups in total. The van der Waals surface area contributed by atoms with Gasteiger partial charge in [-0.05, 0) is 47.9 Å². The zero-order valence-corrected chi connectivity index (χ0v) is 15.2. The van der Waals surface area contributed by atoms with Gasteiger partial charge in [0.1, 0.15) is 18.6 Å². The van der Waals surface area contributed by atoms with E-state index in [0.717, 1.165) is 22.3 Å². The molecule has 0 radical (unpaired) electrons. The lowest BCUT2D eigenvalue weighted by molar-refractivity contribution is -0.158. The van der Waals surface area contributed by atoms with Crippen molar-refractivity contribution in [1.29, 1.82) is 0 Å². The number of benzene rings is 2. The average Bonchev–Trinajstić information content (AvgIpc) is 3.29. The molecular formula is C20H18F2N2O4. The Bertz CT molecular complexity index is 954. The van der Waals surface area contributed by atoms with Crippen molar-refractivity contribution < 1.29 is 27.5 Å². The molecule has 1 atom stereocenters. The minimum absolute atomic E-state index is 0.103. The molecule has 146 valence electrons. The van der Waals surface area contributed by atoms with Gasteiger partial charge in [0.15, 0.2) is 12.0 Å². The fraction of sp³-hybridized carbons (Fsp3) is 0.250. The number of fused-ring (bicyclic) bond motifs is 1. The molecule has 2 heterocycles. The highest BCUT2D eigenvalue weighted by molar-refractivity contribution is 5.68. The van der Waals surface area contributed by atoms with Gasteiger partial charge >= 0.3 is 6.11 Å². The Balaban J connectivity index is 1.56. The van der Waals surface area contributed by atoms with Crippen molar-refractivity contribution in [2.45, 2.75) is 32.8 Å². The molecule has 0 spiro atoms. The summed E-state index contributed by atoms with van der Waals surface area (Å²) in [6, 6.07) is 10.4. The second-order valence-electron chi connectivity index (χ2n) is 6.48. The van der Waals surface area contributed by atoms with Gasteiger partial charge in [-0.2, -0.15) is 8.78 Å². The van der Waals surface area contributed by atoms with Gasteiger partial charge in [0.05, 0.1) is 6.20 Å². The standard InChI is InChI=1S/C20H18F2N2O4/c1-12-9-14(13-3-5-15(6-4-13)27-20(2,21)22)10-16-18(12)28-24-19(16)26-11-17-23-7-8-25-17/h3-10,19,24H,11H2,1-2H3. The number of hydrogen-bond donors (Lipinski definition) is 1. The van der Waals surface area contributed by atoms with E-state index in [9.17, 15) is 8.78 Å². The van der Waals surface area contributed by atoms with Gasteiger partial charge in [-0.25, -0.2) is 4.98 Å². The van der Waals surface area contributed by atoms with Crippen LogP contribution >= 0.6 is 0 Å². The number of alkyl halides is 2. The predicted molar refractivity (Wildman–Crippen MR) is 95.7 cm³/mol. The second kappa shape index (κ2) is 7.21. The van der Waals surface area contributed by atoms with E-state index in [1.165, 1.54) is 18.4 Å². The summed E-state index contributed by atoms with van der Waals surface area (Å²) in [6.07, 6.45) is -0.672. The van der Waals surface area contributed by atoms with Crippen molar-refractivity contribution in [3.8, 4) is 22.6 Å². The van der Waals surface area contributed by atoms with E-state index in [1.54, 1.807) is 18.3 Å². The van der Waals surface area contributed by atoms with Gasteiger partial charge < -0.3 is 18.7 Å². The lowest BCUT2D eigenvalue weighted by Crippen LogP contribution is -2.19. The SMILES string of the molecule is Cc1cc(-c2ccc(OC(C)(F)F)cc2)cc2c1ONC2OCc1ncco1. The van der Waals surface area contributed by atoms with Crippen LogP contribution in [0.4, 0.5) is 8.78 Å². The first-order valence-corrected chi connectivity index (χ1v) is 8.63. The number of nitrogens with zero attached hydrogens (tertiary/aromatic N) is 1. The first-order valence-electron chi connectivity index (χ1n) is 8.63. The molecule has 0 aliphatic carbocycles. The maximum Gasteiger partial charge on any atom is 0.394 e. The molecule has 2 aromatic carbocycles. The first-order chi connectivity index (χ1) is 13.4. The van der Waals surface area contributed by atoms with Crippen molar-refractivity contribution >= 4 is 0 Å². The molecule has 0 bridgehead atoms. The smallest absolute Gasteiger partial charge is 0.394 e. The molecule has 0 saturated heterocycles. The van der Waals surface area contributed by atoms with Crippen LogP contribution in [0.1, 0.15) is 30.2 Å².